The van der Waals surface area contributed by atoms with E-state index < -0.39 is 0 Å². The Kier molecular flexibility index (Phi) is 3.08. The van der Waals surface area contributed by atoms with E-state index in [0.717, 1.165) is 10.9 Å². The molecule has 0 unspecified atom stereocenters. The fourth-order valence-corrected chi connectivity index (χ4v) is 2.21. The van der Waals surface area contributed by atoms with E-state index in [1.54, 1.807) is 24.3 Å². The van der Waals surface area contributed by atoms with Crippen LogP contribution in [0.5, 0.6) is 0 Å². The van der Waals surface area contributed by atoms with Crippen LogP contribution in [0.4, 0.5) is 11.4 Å². The molecule has 1 amide bonds. The van der Waals surface area contributed by atoms with Gasteiger partial charge in [0.05, 0.1) is 10.7 Å². The van der Waals surface area contributed by atoms with Crippen molar-refractivity contribution in [1.29, 1.82) is 0 Å². The molecule has 0 saturated heterocycles. The van der Waals surface area contributed by atoms with Gasteiger partial charge in [-0.25, -0.2) is 0 Å². The van der Waals surface area contributed by atoms with E-state index in [1.165, 1.54) is 0 Å². The molecule has 100 valence electrons. The fourth-order valence-electron chi connectivity index (χ4n) is 2.03. The van der Waals surface area contributed by atoms with Crippen LogP contribution >= 0.6 is 11.6 Å². The minimum atomic E-state index is -0.243. The summed E-state index contributed by atoms with van der Waals surface area (Å²) in [6.45, 7) is 0. The molecule has 2 aromatic carbocycles. The third kappa shape index (κ3) is 2.33. The first-order valence-corrected chi connectivity index (χ1v) is 6.45. The Morgan fingerprint density at radius 1 is 1.15 bits per heavy atom. The molecule has 0 aliphatic heterocycles. The highest BCUT2D eigenvalue weighted by atomic mass is 35.5. The number of para-hydroxylation sites is 1. The number of H-pyrrole nitrogens is 1. The summed E-state index contributed by atoms with van der Waals surface area (Å²) in [4.78, 5) is 15.2. The lowest BCUT2D eigenvalue weighted by atomic mass is 10.2. The zero-order chi connectivity index (χ0) is 14.1. The van der Waals surface area contributed by atoms with Crippen LogP contribution in [-0.2, 0) is 0 Å². The molecule has 1 heterocycles. The summed E-state index contributed by atoms with van der Waals surface area (Å²) in [5.41, 5.74) is 8.29. The van der Waals surface area contributed by atoms with Crippen molar-refractivity contribution in [1.82, 2.24) is 4.98 Å². The molecular formula is C15H12ClN3O. The number of nitrogen functional groups attached to an aromatic ring is 1. The fraction of sp³-hybridized carbons (Fsp3) is 0. The Balaban J connectivity index is 1.91. The molecule has 0 atom stereocenters. The molecule has 3 rings (SSSR count). The number of rotatable bonds is 2. The number of aromatic amines is 1. The molecule has 0 spiro atoms. The first kappa shape index (κ1) is 12.6. The molecule has 0 saturated carbocycles. The summed E-state index contributed by atoms with van der Waals surface area (Å²) in [5.74, 6) is -0.243. The summed E-state index contributed by atoms with van der Waals surface area (Å²) in [5, 5.41) is 4.17. The van der Waals surface area contributed by atoms with E-state index in [9.17, 15) is 4.79 Å². The first-order valence-electron chi connectivity index (χ1n) is 6.07. The number of anilines is 2. The maximum Gasteiger partial charge on any atom is 0.272 e. The average molecular weight is 286 g/mol. The topological polar surface area (TPSA) is 70.9 Å². The molecule has 0 fully saturated rings. The van der Waals surface area contributed by atoms with Crippen LogP contribution in [-0.4, -0.2) is 10.9 Å². The first-order chi connectivity index (χ1) is 9.63. The van der Waals surface area contributed by atoms with E-state index in [0.29, 0.717) is 22.1 Å². The van der Waals surface area contributed by atoms with Crippen LogP contribution in [0.1, 0.15) is 10.5 Å². The average Bonchev–Trinajstić information content (AvgIpc) is 2.84. The molecule has 5 heteroatoms. The second kappa shape index (κ2) is 4.90. The third-order valence-corrected chi connectivity index (χ3v) is 3.34. The van der Waals surface area contributed by atoms with E-state index in [2.05, 4.69) is 10.3 Å². The van der Waals surface area contributed by atoms with Crippen LogP contribution in [0.25, 0.3) is 10.9 Å². The Labute approximate surface area is 120 Å². The van der Waals surface area contributed by atoms with Gasteiger partial charge in [0.15, 0.2) is 0 Å². The number of aromatic nitrogens is 1. The van der Waals surface area contributed by atoms with Gasteiger partial charge in [0, 0.05) is 16.6 Å². The van der Waals surface area contributed by atoms with Crippen molar-refractivity contribution in [2.45, 2.75) is 0 Å². The number of amides is 1. The van der Waals surface area contributed by atoms with Gasteiger partial charge in [-0.2, -0.15) is 0 Å². The number of nitrogens with one attached hydrogen (secondary N) is 2. The van der Waals surface area contributed by atoms with Crippen LogP contribution in [0.3, 0.4) is 0 Å². The van der Waals surface area contributed by atoms with Crippen LogP contribution in [0, 0.1) is 0 Å². The van der Waals surface area contributed by atoms with Crippen molar-refractivity contribution < 1.29 is 4.79 Å². The Hall–Kier alpha value is -2.46. The van der Waals surface area contributed by atoms with Gasteiger partial charge in [0.25, 0.3) is 5.91 Å². The third-order valence-electron chi connectivity index (χ3n) is 3.01. The van der Waals surface area contributed by atoms with Gasteiger partial charge in [-0.3, -0.25) is 4.79 Å². The molecule has 4 nitrogen and oxygen atoms in total. The Bertz CT molecular complexity index is 795. The Morgan fingerprint density at radius 2 is 1.95 bits per heavy atom. The molecule has 0 radical (unpaired) electrons. The number of hydrogen-bond donors (Lipinski definition) is 3. The maximum absolute atomic E-state index is 12.2. The molecule has 20 heavy (non-hydrogen) atoms. The van der Waals surface area contributed by atoms with Crippen molar-refractivity contribution in [3.8, 4) is 0 Å². The summed E-state index contributed by atoms with van der Waals surface area (Å²) in [6.07, 6.45) is 0. The quantitative estimate of drug-likeness (QED) is 0.629. The summed E-state index contributed by atoms with van der Waals surface area (Å²) >= 11 is 6.01. The van der Waals surface area contributed by atoms with Gasteiger partial charge in [-0.15, -0.1) is 0 Å². The van der Waals surface area contributed by atoms with Crippen molar-refractivity contribution in [3.05, 3.63) is 59.2 Å². The van der Waals surface area contributed by atoms with Crippen molar-refractivity contribution in [3.63, 3.8) is 0 Å². The standard InChI is InChI=1S/C15H12ClN3O/c16-11-3-1-2-4-13(11)19-15(20)14-8-9-7-10(17)5-6-12(9)18-14/h1-8,18H,17H2,(H,19,20). The molecule has 0 bridgehead atoms. The van der Waals surface area contributed by atoms with Crippen molar-refractivity contribution in [2.24, 2.45) is 0 Å². The summed E-state index contributed by atoms with van der Waals surface area (Å²) in [6, 6.07) is 14.3. The summed E-state index contributed by atoms with van der Waals surface area (Å²) < 4.78 is 0. The van der Waals surface area contributed by atoms with Gasteiger partial charge in [-0.1, -0.05) is 23.7 Å². The van der Waals surface area contributed by atoms with Crippen LogP contribution in [0.15, 0.2) is 48.5 Å². The van der Waals surface area contributed by atoms with Gasteiger partial charge < -0.3 is 16.0 Å². The number of nitrogens with two attached hydrogens (primary N) is 1. The maximum atomic E-state index is 12.2. The number of hydrogen-bond acceptors (Lipinski definition) is 2. The molecule has 1 aromatic heterocycles. The molecular weight excluding hydrogens is 274 g/mol. The zero-order valence-electron chi connectivity index (χ0n) is 10.5. The summed E-state index contributed by atoms with van der Waals surface area (Å²) in [7, 11) is 0. The van der Waals surface area contributed by atoms with Gasteiger partial charge in [0.1, 0.15) is 5.69 Å². The van der Waals surface area contributed by atoms with Gasteiger partial charge >= 0.3 is 0 Å². The lowest BCUT2D eigenvalue weighted by Crippen LogP contribution is -2.12. The number of fused-ring (bicyclic) bond motifs is 1. The highest BCUT2D eigenvalue weighted by molar-refractivity contribution is 6.33. The van der Waals surface area contributed by atoms with Crippen molar-refractivity contribution >= 4 is 39.8 Å². The minimum Gasteiger partial charge on any atom is -0.399 e. The molecule has 4 N–H and O–H groups in total. The van der Waals surface area contributed by atoms with E-state index in [-0.39, 0.29) is 5.91 Å². The van der Waals surface area contributed by atoms with Crippen LogP contribution in [0.2, 0.25) is 5.02 Å². The van der Waals surface area contributed by atoms with E-state index in [1.807, 2.05) is 24.3 Å². The minimum absolute atomic E-state index is 0.243. The second-order valence-corrected chi connectivity index (χ2v) is 4.87. The van der Waals surface area contributed by atoms with Crippen molar-refractivity contribution in [2.75, 3.05) is 11.1 Å². The lowest BCUT2D eigenvalue weighted by Gasteiger charge is -2.05. The Morgan fingerprint density at radius 3 is 2.75 bits per heavy atom. The number of carbonyl (C=O) groups is 1. The highest BCUT2D eigenvalue weighted by Crippen LogP contribution is 2.22. The normalized spacial score (nSPS) is 10.7. The predicted octanol–water partition coefficient (Wildman–Crippen LogP) is 3.66. The van der Waals surface area contributed by atoms with Gasteiger partial charge in [0.2, 0.25) is 0 Å². The molecule has 0 aliphatic carbocycles. The second-order valence-electron chi connectivity index (χ2n) is 4.46. The van der Waals surface area contributed by atoms with Gasteiger partial charge in [-0.05, 0) is 36.4 Å². The predicted molar refractivity (Wildman–Crippen MR) is 82.1 cm³/mol. The lowest BCUT2D eigenvalue weighted by molar-refractivity contribution is 0.102. The molecule has 3 aromatic rings. The monoisotopic (exact) mass is 285 g/mol. The smallest absolute Gasteiger partial charge is 0.272 e. The number of carbonyl (C=O) groups excluding carboxylic acids is 1. The largest absolute Gasteiger partial charge is 0.399 e. The SMILES string of the molecule is Nc1ccc2[nH]c(C(=O)Nc3ccccc3Cl)cc2c1. The van der Waals surface area contributed by atoms with E-state index >= 15 is 0 Å². The number of halogens is 1. The number of benzene rings is 2. The highest BCUT2D eigenvalue weighted by Gasteiger charge is 2.11. The van der Waals surface area contributed by atoms with E-state index in [4.69, 9.17) is 17.3 Å². The zero-order valence-corrected chi connectivity index (χ0v) is 11.2. The van der Waals surface area contributed by atoms with Crippen LogP contribution < -0.4 is 11.1 Å². The molecule has 0 aliphatic rings.